The van der Waals surface area contributed by atoms with E-state index in [2.05, 4.69) is 15.5 Å². The first kappa shape index (κ1) is 20.8. The molecular formula is C20H21FN4O3S. The highest BCUT2D eigenvalue weighted by molar-refractivity contribution is 8.00. The highest BCUT2D eigenvalue weighted by atomic mass is 32.2. The van der Waals surface area contributed by atoms with Crippen LogP contribution in [0.3, 0.4) is 0 Å². The number of methoxy groups -OCH3 is 1. The van der Waals surface area contributed by atoms with Crippen LogP contribution in [0.2, 0.25) is 0 Å². The number of rotatable bonds is 9. The number of nitrogens with zero attached hydrogens (tertiary/aromatic N) is 2. The van der Waals surface area contributed by atoms with Gasteiger partial charge in [0.15, 0.2) is 5.16 Å². The van der Waals surface area contributed by atoms with Crippen LogP contribution in [0.15, 0.2) is 64.5 Å². The van der Waals surface area contributed by atoms with Gasteiger partial charge in [-0.2, -0.15) is 0 Å². The van der Waals surface area contributed by atoms with Gasteiger partial charge in [0.1, 0.15) is 11.1 Å². The van der Waals surface area contributed by atoms with E-state index in [9.17, 15) is 14.0 Å². The Kier molecular flexibility index (Phi) is 7.20. The third kappa shape index (κ3) is 5.55. The van der Waals surface area contributed by atoms with Gasteiger partial charge in [-0.05, 0) is 36.2 Å². The van der Waals surface area contributed by atoms with Crippen LogP contribution in [0.5, 0.6) is 0 Å². The van der Waals surface area contributed by atoms with E-state index in [1.807, 2.05) is 30.3 Å². The van der Waals surface area contributed by atoms with E-state index >= 15 is 0 Å². The maximum Gasteiger partial charge on any atom is 0.343 e. The fraction of sp³-hybridized carbons (Fsp3) is 0.250. The second kappa shape index (κ2) is 10.0. The summed E-state index contributed by atoms with van der Waals surface area (Å²) in [5.41, 5.74) is 0.905. The molecule has 0 saturated carbocycles. The molecule has 0 fully saturated rings. The Balaban J connectivity index is 1.84. The minimum Gasteiger partial charge on any atom is -0.385 e. The third-order valence-electron chi connectivity index (χ3n) is 4.13. The van der Waals surface area contributed by atoms with Crippen LogP contribution in [0.25, 0.3) is 0 Å². The van der Waals surface area contributed by atoms with Crippen LogP contribution in [0.1, 0.15) is 17.2 Å². The van der Waals surface area contributed by atoms with Crippen LogP contribution in [0.4, 0.5) is 10.1 Å². The van der Waals surface area contributed by atoms with Crippen molar-refractivity contribution in [2.24, 2.45) is 0 Å². The van der Waals surface area contributed by atoms with Gasteiger partial charge in [0, 0.05) is 25.9 Å². The van der Waals surface area contributed by atoms with Crippen LogP contribution < -0.4 is 11.0 Å². The average Bonchev–Trinajstić information content (AvgIpc) is 3.08. The van der Waals surface area contributed by atoms with Crippen molar-refractivity contribution in [3.63, 3.8) is 0 Å². The van der Waals surface area contributed by atoms with Gasteiger partial charge in [0.25, 0.3) is 0 Å². The number of ether oxygens (including phenoxy) is 1. The van der Waals surface area contributed by atoms with Gasteiger partial charge in [-0.25, -0.2) is 14.3 Å². The molecule has 1 aromatic heterocycles. The van der Waals surface area contributed by atoms with Crippen molar-refractivity contribution in [1.82, 2.24) is 14.8 Å². The number of hydrogen-bond donors (Lipinski definition) is 2. The number of amides is 1. The van der Waals surface area contributed by atoms with Crippen molar-refractivity contribution in [2.75, 3.05) is 19.0 Å². The van der Waals surface area contributed by atoms with E-state index in [0.29, 0.717) is 30.4 Å². The van der Waals surface area contributed by atoms with Gasteiger partial charge in [-0.15, -0.1) is 5.10 Å². The molecule has 0 aliphatic rings. The van der Waals surface area contributed by atoms with Gasteiger partial charge in [-0.3, -0.25) is 9.36 Å². The molecular weight excluding hydrogens is 395 g/mol. The number of nitrogens with one attached hydrogen (secondary N) is 2. The summed E-state index contributed by atoms with van der Waals surface area (Å²) in [4.78, 5) is 25.1. The Labute approximate surface area is 171 Å². The zero-order valence-corrected chi connectivity index (χ0v) is 16.6. The van der Waals surface area contributed by atoms with Crippen molar-refractivity contribution >= 4 is 23.4 Å². The standard InChI is InChI=1S/C20H21FN4O3S/c1-28-13-5-12-25-19(27)23-24-20(25)29-17(14-6-3-2-4-7-14)18(26)22-16-10-8-15(21)9-11-16/h2-4,6-11,17H,5,12-13H2,1H3,(H,22,26)(H,23,27). The maximum absolute atomic E-state index is 13.1. The van der Waals surface area contributed by atoms with Crippen molar-refractivity contribution in [1.29, 1.82) is 0 Å². The van der Waals surface area contributed by atoms with E-state index in [1.54, 1.807) is 7.11 Å². The summed E-state index contributed by atoms with van der Waals surface area (Å²) < 4.78 is 19.7. The van der Waals surface area contributed by atoms with Crippen molar-refractivity contribution in [2.45, 2.75) is 23.4 Å². The second-order valence-electron chi connectivity index (χ2n) is 6.21. The first-order valence-corrected chi connectivity index (χ1v) is 9.88. The maximum atomic E-state index is 13.1. The number of carbonyl (C=O) groups excluding carboxylic acids is 1. The van der Waals surface area contributed by atoms with Crippen LogP contribution in [-0.4, -0.2) is 34.4 Å². The minimum atomic E-state index is -0.655. The molecule has 0 spiro atoms. The van der Waals surface area contributed by atoms with Gasteiger partial charge >= 0.3 is 5.69 Å². The molecule has 0 radical (unpaired) electrons. The van der Waals surface area contributed by atoms with Crippen molar-refractivity contribution in [3.05, 3.63) is 76.5 Å². The molecule has 3 aromatic rings. The fourth-order valence-corrected chi connectivity index (χ4v) is 3.77. The van der Waals surface area contributed by atoms with Crippen molar-refractivity contribution in [3.8, 4) is 0 Å². The zero-order chi connectivity index (χ0) is 20.6. The molecule has 0 bridgehead atoms. The van der Waals surface area contributed by atoms with E-state index in [4.69, 9.17) is 4.74 Å². The highest BCUT2D eigenvalue weighted by Crippen LogP contribution is 2.34. The first-order chi connectivity index (χ1) is 14.1. The monoisotopic (exact) mass is 416 g/mol. The number of anilines is 1. The summed E-state index contributed by atoms with van der Waals surface area (Å²) in [6.45, 7) is 0.932. The largest absolute Gasteiger partial charge is 0.385 e. The number of benzene rings is 2. The lowest BCUT2D eigenvalue weighted by molar-refractivity contribution is -0.115. The Hall–Kier alpha value is -2.91. The van der Waals surface area contributed by atoms with E-state index in [0.717, 1.165) is 5.56 Å². The quantitative estimate of drug-likeness (QED) is 0.413. The molecule has 29 heavy (non-hydrogen) atoms. The van der Waals surface area contributed by atoms with Crippen LogP contribution in [-0.2, 0) is 16.1 Å². The number of carbonyl (C=O) groups is 1. The summed E-state index contributed by atoms with van der Waals surface area (Å²) in [6.07, 6.45) is 0.640. The van der Waals surface area contributed by atoms with Crippen LogP contribution >= 0.6 is 11.8 Å². The lowest BCUT2D eigenvalue weighted by atomic mass is 10.1. The molecule has 2 N–H and O–H groups in total. The SMILES string of the molecule is COCCCn1c(SC(C(=O)Nc2ccc(F)cc2)c2ccccc2)n[nH]c1=O. The van der Waals surface area contributed by atoms with Crippen LogP contribution in [0, 0.1) is 5.82 Å². The Bertz CT molecular complexity index is 989. The van der Waals surface area contributed by atoms with E-state index in [-0.39, 0.29) is 17.4 Å². The molecule has 1 unspecified atom stereocenters. The third-order valence-corrected chi connectivity index (χ3v) is 5.37. The summed E-state index contributed by atoms with van der Waals surface area (Å²) in [5, 5.41) is 9.07. The summed E-state index contributed by atoms with van der Waals surface area (Å²) >= 11 is 1.17. The molecule has 9 heteroatoms. The Morgan fingerprint density at radius 1 is 1.24 bits per heavy atom. The lowest BCUT2D eigenvalue weighted by Gasteiger charge is -2.17. The van der Waals surface area contributed by atoms with Crippen molar-refractivity contribution < 1.29 is 13.9 Å². The Morgan fingerprint density at radius 2 is 1.97 bits per heavy atom. The molecule has 152 valence electrons. The lowest BCUT2D eigenvalue weighted by Crippen LogP contribution is -2.21. The van der Waals surface area contributed by atoms with E-state index < -0.39 is 5.25 Å². The molecule has 2 aromatic carbocycles. The van der Waals surface area contributed by atoms with E-state index in [1.165, 1.54) is 40.6 Å². The Morgan fingerprint density at radius 3 is 2.66 bits per heavy atom. The molecule has 1 amide bonds. The predicted octanol–water partition coefficient (Wildman–Crippen LogP) is 3.22. The molecule has 1 heterocycles. The topological polar surface area (TPSA) is 89.0 Å². The predicted molar refractivity (Wildman–Crippen MR) is 109 cm³/mol. The fourth-order valence-electron chi connectivity index (χ4n) is 2.70. The molecule has 7 nitrogen and oxygen atoms in total. The highest BCUT2D eigenvalue weighted by Gasteiger charge is 2.25. The normalized spacial score (nSPS) is 11.9. The minimum absolute atomic E-state index is 0.299. The smallest absolute Gasteiger partial charge is 0.343 e. The number of halogens is 1. The summed E-state index contributed by atoms with van der Waals surface area (Å²) in [7, 11) is 1.60. The number of aromatic amines is 1. The number of aromatic nitrogens is 3. The van der Waals surface area contributed by atoms with Gasteiger partial charge in [0.2, 0.25) is 5.91 Å². The molecule has 0 aliphatic carbocycles. The summed E-state index contributed by atoms with van der Waals surface area (Å²) in [5.74, 6) is -0.680. The van der Waals surface area contributed by atoms with Gasteiger partial charge in [-0.1, -0.05) is 42.1 Å². The second-order valence-corrected chi connectivity index (χ2v) is 7.29. The first-order valence-electron chi connectivity index (χ1n) is 9.00. The van der Waals surface area contributed by atoms with Gasteiger partial charge < -0.3 is 10.1 Å². The molecule has 3 rings (SSSR count). The molecule has 0 saturated heterocycles. The summed E-state index contributed by atoms with van der Waals surface area (Å²) in [6, 6.07) is 14.8. The number of hydrogen-bond acceptors (Lipinski definition) is 5. The number of H-pyrrole nitrogens is 1. The number of thioether (sulfide) groups is 1. The molecule has 0 aliphatic heterocycles. The van der Waals surface area contributed by atoms with Gasteiger partial charge in [0.05, 0.1) is 0 Å². The zero-order valence-electron chi connectivity index (χ0n) is 15.8. The molecule has 1 atom stereocenters. The average molecular weight is 416 g/mol.